The predicted octanol–water partition coefficient (Wildman–Crippen LogP) is 5.38. The van der Waals surface area contributed by atoms with Crippen molar-refractivity contribution >= 4 is 40.5 Å². The number of ether oxygens (including phenoxy) is 2. The second-order valence-corrected chi connectivity index (χ2v) is 12.5. The van der Waals surface area contributed by atoms with Crippen LogP contribution in [0, 0.1) is 11.8 Å². The number of aromatic nitrogens is 2. The summed E-state index contributed by atoms with van der Waals surface area (Å²) < 4.78 is 10.6. The van der Waals surface area contributed by atoms with Crippen molar-refractivity contribution in [2.24, 2.45) is 11.8 Å². The molecule has 4 N–H and O–H groups in total. The van der Waals surface area contributed by atoms with Gasteiger partial charge in [-0.1, -0.05) is 63.6 Å². The fourth-order valence-electron chi connectivity index (χ4n) is 6.12. The predicted molar refractivity (Wildman–Crippen MR) is 171 cm³/mol. The van der Waals surface area contributed by atoms with Crippen LogP contribution in [0.2, 0.25) is 5.02 Å². The number of carbonyl (C=O) groups excluding carboxylic acids is 3. The standard InChI is InChI=1S/C33H44ClN5O5/c1-7-35-30(40)27(20(4)5)38-31(41)33(14-16-44-17-15-33)21-12-13-24-25(18-21)37-29(36-24)28(39-32(42)43-6)26(19(2)3)22-10-8-9-11-23(22)34/h8-13,18-20,26-28H,7,14-17H2,1-6H3,(H,35,40)(H,36,37)(H,38,41)(H,39,42)/t26-,27+,28-/m0/s1. The van der Waals surface area contributed by atoms with Gasteiger partial charge in [-0.15, -0.1) is 0 Å². The van der Waals surface area contributed by atoms with Crippen LogP contribution in [0.4, 0.5) is 4.79 Å². The van der Waals surface area contributed by atoms with Crippen LogP contribution < -0.4 is 16.0 Å². The largest absolute Gasteiger partial charge is 0.453 e. The minimum Gasteiger partial charge on any atom is -0.453 e. The van der Waals surface area contributed by atoms with E-state index in [1.165, 1.54) is 7.11 Å². The van der Waals surface area contributed by atoms with Crippen molar-refractivity contribution in [2.45, 2.75) is 70.9 Å². The minimum atomic E-state index is -0.890. The highest BCUT2D eigenvalue weighted by Crippen LogP contribution is 2.41. The normalized spacial score (nSPS) is 16.8. The van der Waals surface area contributed by atoms with E-state index in [0.29, 0.717) is 49.0 Å². The first-order valence-corrected chi connectivity index (χ1v) is 15.7. The average molecular weight is 626 g/mol. The summed E-state index contributed by atoms with van der Waals surface area (Å²) in [5, 5.41) is 9.46. The van der Waals surface area contributed by atoms with Crippen LogP contribution in [0.3, 0.4) is 0 Å². The van der Waals surface area contributed by atoms with Crippen molar-refractivity contribution < 1.29 is 23.9 Å². The number of fused-ring (bicyclic) bond motifs is 1. The molecule has 1 aliphatic heterocycles. The molecule has 0 aliphatic carbocycles. The molecule has 1 aliphatic rings. The van der Waals surface area contributed by atoms with Gasteiger partial charge in [0.1, 0.15) is 11.9 Å². The van der Waals surface area contributed by atoms with Crippen LogP contribution in [0.15, 0.2) is 42.5 Å². The number of likely N-dealkylation sites (N-methyl/N-ethyl adjacent to an activating group) is 1. The molecular formula is C33H44ClN5O5. The Morgan fingerprint density at radius 1 is 1.05 bits per heavy atom. The molecule has 10 nitrogen and oxygen atoms in total. The van der Waals surface area contributed by atoms with E-state index in [1.54, 1.807) is 0 Å². The third kappa shape index (κ3) is 7.02. The maximum atomic E-state index is 14.1. The topological polar surface area (TPSA) is 134 Å². The van der Waals surface area contributed by atoms with Crippen LogP contribution >= 0.6 is 11.6 Å². The van der Waals surface area contributed by atoms with Gasteiger partial charge in [0, 0.05) is 30.7 Å². The van der Waals surface area contributed by atoms with Gasteiger partial charge in [0.25, 0.3) is 0 Å². The molecule has 0 spiro atoms. The quantitative estimate of drug-likeness (QED) is 0.226. The lowest BCUT2D eigenvalue weighted by Gasteiger charge is -2.37. The number of H-pyrrole nitrogens is 1. The number of carbonyl (C=O) groups is 3. The summed E-state index contributed by atoms with van der Waals surface area (Å²) in [7, 11) is 1.32. The molecule has 0 unspecified atom stereocenters. The zero-order chi connectivity index (χ0) is 32.0. The molecule has 1 aromatic heterocycles. The molecule has 3 atom stereocenters. The van der Waals surface area contributed by atoms with E-state index < -0.39 is 23.6 Å². The minimum absolute atomic E-state index is 0.0776. The van der Waals surface area contributed by atoms with E-state index >= 15 is 0 Å². The first-order chi connectivity index (χ1) is 21.0. The number of alkyl carbamates (subject to hydrolysis) is 1. The number of benzene rings is 2. The van der Waals surface area contributed by atoms with E-state index in [4.69, 9.17) is 26.1 Å². The molecule has 4 rings (SSSR count). The SMILES string of the molecule is CCNC(=O)[C@H](NC(=O)C1(c2ccc3nc([C@@H](NC(=O)OC)[C@H](c4ccccc4Cl)C(C)C)[nH]c3c2)CCOCC1)C(C)C. The zero-order valence-corrected chi connectivity index (χ0v) is 27.1. The van der Waals surface area contributed by atoms with E-state index in [2.05, 4.69) is 34.8 Å². The number of imidazole rings is 1. The smallest absolute Gasteiger partial charge is 0.407 e. The Kier molecular flexibility index (Phi) is 10.9. The highest BCUT2D eigenvalue weighted by Gasteiger charge is 2.44. The van der Waals surface area contributed by atoms with E-state index in [0.717, 1.165) is 16.6 Å². The lowest BCUT2D eigenvalue weighted by molar-refractivity contribution is -0.135. The molecule has 2 heterocycles. The van der Waals surface area contributed by atoms with Crippen LogP contribution in [-0.2, 0) is 24.5 Å². The van der Waals surface area contributed by atoms with Crippen molar-refractivity contribution in [3.8, 4) is 0 Å². The number of hydrogen-bond acceptors (Lipinski definition) is 6. The molecule has 1 fully saturated rings. The molecule has 0 bridgehead atoms. The van der Waals surface area contributed by atoms with Gasteiger partial charge in [-0.25, -0.2) is 9.78 Å². The molecule has 3 aromatic rings. The summed E-state index contributed by atoms with van der Waals surface area (Å²) in [4.78, 5) is 47.7. The van der Waals surface area contributed by atoms with Crippen LogP contribution in [0.5, 0.6) is 0 Å². The first-order valence-electron chi connectivity index (χ1n) is 15.3. The van der Waals surface area contributed by atoms with E-state index in [9.17, 15) is 14.4 Å². The van der Waals surface area contributed by atoms with Crippen molar-refractivity contribution in [2.75, 3.05) is 26.9 Å². The Morgan fingerprint density at radius 2 is 1.75 bits per heavy atom. The lowest BCUT2D eigenvalue weighted by atomic mass is 9.73. The van der Waals surface area contributed by atoms with Gasteiger partial charge in [-0.05, 0) is 60.9 Å². The maximum Gasteiger partial charge on any atom is 0.407 e. The molecule has 44 heavy (non-hydrogen) atoms. The zero-order valence-electron chi connectivity index (χ0n) is 26.3. The van der Waals surface area contributed by atoms with Gasteiger partial charge in [-0.2, -0.15) is 0 Å². The molecule has 1 saturated heterocycles. The monoisotopic (exact) mass is 625 g/mol. The van der Waals surface area contributed by atoms with Gasteiger partial charge < -0.3 is 30.4 Å². The number of rotatable bonds is 11. The number of hydrogen-bond donors (Lipinski definition) is 4. The summed E-state index contributed by atoms with van der Waals surface area (Å²) >= 11 is 6.64. The molecule has 3 amide bonds. The average Bonchev–Trinajstić information content (AvgIpc) is 3.43. The van der Waals surface area contributed by atoms with Crippen molar-refractivity contribution in [3.63, 3.8) is 0 Å². The Hall–Kier alpha value is -3.63. The van der Waals surface area contributed by atoms with Gasteiger partial charge in [0.2, 0.25) is 11.8 Å². The Morgan fingerprint density at radius 3 is 2.36 bits per heavy atom. The highest BCUT2D eigenvalue weighted by atomic mass is 35.5. The maximum absolute atomic E-state index is 14.1. The molecule has 238 valence electrons. The van der Waals surface area contributed by atoms with Gasteiger partial charge in [0.05, 0.1) is 29.6 Å². The van der Waals surface area contributed by atoms with Gasteiger partial charge in [0.15, 0.2) is 0 Å². The highest BCUT2D eigenvalue weighted by molar-refractivity contribution is 6.31. The lowest BCUT2D eigenvalue weighted by Crippen LogP contribution is -2.56. The van der Waals surface area contributed by atoms with Gasteiger partial charge in [-0.3, -0.25) is 9.59 Å². The summed E-state index contributed by atoms with van der Waals surface area (Å²) in [6, 6.07) is 12.1. The molecule has 0 saturated carbocycles. The number of halogens is 1. The second-order valence-electron chi connectivity index (χ2n) is 12.0. The Balaban J connectivity index is 1.76. The summed E-state index contributed by atoms with van der Waals surface area (Å²) in [6.45, 7) is 11.2. The number of amides is 3. The first kappa shape index (κ1) is 33.3. The van der Waals surface area contributed by atoms with Crippen LogP contribution in [0.25, 0.3) is 11.0 Å². The molecular weight excluding hydrogens is 582 g/mol. The summed E-state index contributed by atoms with van der Waals surface area (Å²) in [5.74, 6) is -0.0941. The Labute approximate surface area is 264 Å². The number of methoxy groups -OCH3 is 1. The molecule has 11 heteroatoms. The van der Waals surface area contributed by atoms with Crippen molar-refractivity contribution in [3.05, 3.63) is 64.4 Å². The summed E-state index contributed by atoms with van der Waals surface area (Å²) in [6.07, 6.45) is 0.360. The van der Waals surface area contributed by atoms with Gasteiger partial charge >= 0.3 is 6.09 Å². The molecule has 2 aromatic carbocycles. The molecule has 0 radical (unpaired) electrons. The Bertz CT molecular complexity index is 1470. The fourth-order valence-corrected chi connectivity index (χ4v) is 6.38. The van der Waals surface area contributed by atoms with E-state index in [1.807, 2.05) is 63.2 Å². The van der Waals surface area contributed by atoms with Crippen LogP contribution in [-0.4, -0.2) is 60.8 Å². The van der Waals surface area contributed by atoms with Crippen molar-refractivity contribution in [1.29, 1.82) is 0 Å². The summed E-state index contributed by atoms with van der Waals surface area (Å²) in [5.41, 5.74) is 2.21. The fraction of sp³-hybridized carbons (Fsp3) is 0.515. The van der Waals surface area contributed by atoms with E-state index in [-0.39, 0.29) is 29.6 Å². The number of nitrogens with one attached hydrogen (secondary N) is 4. The number of nitrogens with zero attached hydrogens (tertiary/aromatic N) is 1. The number of aromatic amines is 1. The third-order valence-corrected chi connectivity index (χ3v) is 8.86. The van der Waals surface area contributed by atoms with Crippen LogP contribution in [0.1, 0.15) is 76.4 Å². The second kappa shape index (κ2) is 14.4. The third-order valence-electron chi connectivity index (χ3n) is 8.52. The van der Waals surface area contributed by atoms with Crippen molar-refractivity contribution in [1.82, 2.24) is 25.9 Å².